The molecule has 0 spiro atoms. The maximum atomic E-state index is 12.7. The third-order valence-electron chi connectivity index (χ3n) is 5.52. The molecule has 38 heavy (non-hydrogen) atoms. The summed E-state index contributed by atoms with van der Waals surface area (Å²) in [6, 6.07) is 13.8. The van der Waals surface area contributed by atoms with Gasteiger partial charge in [0.25, 0.3) is 0 Å². The number of benzene rings is 2. The van der Waals surface area contributed by atoms with E-state index in [0.717, 1.165) is 16.1 Å². The SMILES string of the molecule is COC(=O)c1cc(-c2nnc([C@@](C)(Cc3ccccc3)NC(=O)OC(C)(C)C)o2)cc(N(C)S(C)(=O)=O)c1. The Morgan fingerprint density at radius 3 is 2.29 bits per heavy atom. The third kappa shape index (κ3) is 7.09. The fourth-order valence-corrected chi connectivity index (χ4v) is 4.10. The highest BCUT2D eigenvalue weighted by Gasteiger charge is 2.37. The van der Waals surface area contributed by atoms with Gasteiger partial charge in [0.1, 0.15) is 11.1 Å². The van der Waals surface area contributed by atoms with Crippen LogP contribution in [-0.2, 0) is 31.5 Å². The summed E-state index contributed by atoms with van der Waals surface area (Å²) in [5.74, 6) is -0.571. The fourth-order valence-electron chi connectivity index (χ4n) is 3.61. The Kier molecular flexibility index (Phi) is 8.15. The van der Waals surface area contributed by atoms with Crippen LogP contribution >= 0.6 is 0 Å². The second kappa shape index (κ2) is 10.8. The van der Waals surface area contributed by atoms with E-state index in [1.165, 1.54) is 32.4 Å². The zero-order chi connectivity index (χ0) is 28.3. The Hall–Kier alpha value is -3.93. The van der Waals surface area contributed by atoms with Crippen molar-refractivity contribution in [1.82, 2.24) is 15.5 Å². The number of methoxy groups -OCH3 is 1. The largest absolute Gasteiger partial charge is 0.465 e. The van der Waals surface area contributed by atoms with Crippen molar-refractivity contribution in [3.63, 3.8) is 0 Å². The van der Waals surface area contributed by atoms with Crippen molar-refractivity contribution in [1.29, 1.82) is 0 Å². The lowest BCUT2D eigenvalue weighted by atomic mass is 9.92. The molecular weight excluding hydrogens is 512 g/mol. The van der Waals surface area contributed by atoms with Crippen LogP contribution in [0.5, 0.6) is 0 Å². The predicted octanol–water partition coefficient (Wildman–Crippen LogP) is 3.90. The van der Waals surface area contributed by atoms with Crippen molar-refractivity contribution < 1.29 is 31.9 Å². The zero-order valence-electron chi connectivity index (χ0n) is 22.4. The lowest BCUT2D eigenvalue weighted by molar-refractivity contribution is 0.0443. The molecule has 1 N–H and O–H groups in total. The van der Waals surface area contributed by atoms with E-state index in [0.29, 0.717) is 6.42 Å². The van der Waals surface area contributed by atoms with Crippen LogP contribution in [0.4, 0.5) is 10.5 Å². The number of alkyl carbamates (subject to hydrolysis) is 1. The third-order valence-corrected chi connectivity index (χ3v) is 6.73. The van der Waals surface area contributed by atoms with Gasteiger partial charge in [-0.3, -0.25) is 4.31 Å². The first-order valence-electron chi connectivity index (χ1n) is 11.7. The van der Waals surface area contributed by atoms with E-state index in [9.17, 15) is 18.0 Å². The molecule has 0 fully saturated rings. The van der Waals surface area contributed by atoms with Crippen molar-refractivity contribution >= 4 is 27.8 Å². The summed E-state index contributed by atoms with van der Waals surface area (Å²) in [6.07, 6.45) is 0.680. The van der Waals surface area contributed by atoms with E-state index >= 15 is 0 Å². The van der Waals surface area contributed by atoms with Crippen LogP contribution in [0.15, 0.2) is 52.9 Å². The summed E-state index contributed by atoms with van der Waals surface area (Å²) in [7, 11) is -1.06. The molecule has 2 aromatic carbocycles. The average Bonchev–Trinajstić information content (AvgIpc) is 3.33. The molecule has 0 aliphatic carbocycles. The molecule has 1 amide bonds. The zero-order valence-corrected chi connectivity index (χ0v) is 23.3. The second-order valence-electron chi connectivity index (χ2n) is 10.0. The van der Waals surface area contributed by atoms with Gasteiger partial charge in [-0.1, -0.05) is 30.3 Å². The molecular formula is C26H32N4O7S. The average molecular weight is 545 g/mol. The summed E-state index contributed by atoms with van der Waals surface area (Å²) in [5.41, 5.74) is -0.416. The Balaban J connectivity index is 2.07. The van der Waals surface area contributed by atoms with Crippen LogP contribution in [0.3, 0.4) is 0 Å². The van der Waals surface area contributed by atoms with Crippen LogP contribution in [0.25, 0.3) is 11.5 Å². The van der Waals surface area contributed by atoms with Crippen LogP contribution in [-0.4, -0.2) is 56.7 Å². The highest BCUT2D eigenvalue weighted by atomic mass is 32.2. The van der Waals surface area contributed by atoms with Gasteiger partial charge in [0.2, 0.25) is 21.8 Å². The van der Waals surface area contributed by atoms with E-state index in [1.54, 1.807) is 27.7 Å². The number of sulfonamides is 1. The summed E-state index contributed by atoms with van der Waals surface area (Å²) in [5, 5.41) is 11.2. The van der Waals surface area contributed by atoms with Gasteiger partial charge in [0, 0.05) is 19.0 Å². The van der Waals surface area contributed by atoms with Gasteiger partial charge in [-0.05, 0) is 51.5 Å². The maximum Gasteiger partial charge on any atom is 0.408 e. The predicted molar refractivity (Wildman–Crippen MR) is 141 cm³/mol. The number of aromatic nitrogens is 2. The quantitative estimate of drug-likeness (QED) is 0.418. The molecule has 0 aliphatic rings. The molecule has 0 unspecified atom stereocenters. The summed E-state index contributed by atoms with van der Waals surface area (Å²) in [6.45, 7) is 7.00. The van der Waals surface area contributed by atoms with Gasteiger partial charge in [0.15, 0.2) is 0 Å². The highest BCUT2D eigenvalue weighted by molar-refractivity contribution is 7.92. The lowest BCUT2D eigenvalue weighted by Crippen LogP contribution is -2.47. The number of rotatable bonds is 8. The van der Waals surface area contributed by atoms with Gasteiger partial charge in [-0.25, -0.2) is 18.0 Å². The summed E-state index contributed by atoms with van der Waals surface area (Å²) in [4.78, 5) is 25.1. The minimum Gasteiger partial charge on any atom is -0.465 e. The minimum absolute atomic E-state index is 0.0131. The van der Waals surface area contributed by atoms with Crippen molar-refractivity contribution in [2.24, 2.45) is 0 Å². The molecule has 12 heteroatoms. The van der Waals surface area contributed by atoms with Crippen molar-refractivity contribution in [3.8, 4) is 11.5 Å². The molecule has 3 aromatic rings. The van der Waals surface area contributed by atoms with Crippen molar-refractivity contribution in [2.45, 2.75) is 45.3 Å². The monoisotopic (exact) mass is 544 g/mol. The van der Waals surface area contributed by atoms with Gasteiger partial charge in [-0.15, -0.1) is 10.2 Å². The summed E-state index contributed by atoms with van der Waals surface area (Å²) >= 11 is 0. The number of amides is 1. The highest BCUT2D eigenvalue weighted by Crippen LogP contribution is 2.31. The molecule has 3 rings (SSSR count). The van der Waals surface area contributed by atoms with Crippen molar-refractivity contribution in [3.05, 3.63) is 65.5 Å². The number of anilines is 1. The first-order chi connectivity index (χ1) is 17.6. The molecule has 0 aliphatic heterocycles. The van der Waals surface area contributed by atoms with Gasteiger partial charge < -0.3 is 19.2 Å². The Labute approximate surface area is 222 Å². The van der Waals surface area contributed by atoms with E-state index in [-0.39, 0.29) is 28.6 Å². The minimum atomic E-state index is -3.63. The first-order valence-corrected chi connectivity index (χ1v) is 13.5. The smallest absolute Gasteiger partial charge is 0.408 e. The van der Waals surface area contributed by atoms with Crippen LogP contribution in [0, 0.1) is 0 Å². The Morgan fingerprint density at radius 2 is 1.71 bits per heavy atom. The second-order valence-corrected chi connectivity index (χ2v) is 12.0. The Morgan fingerprint density at radius 1 is 1.05 bits per heavy atom. The van der Waals surface area contributed by atoms with Crippen LogP contribution in [0.1, 0.15) is 49.5 Å². The van der Waals surface area contributed by atoms with Gasteiger partial charge in [-0.2, -0.15) is 0 Å². The van der Waals surface area contributed by atoms with E-state index < -0.39 is 33.2 Å². The van der Waals surface area contributed by atoms with E-state index in [4.69, 9.17) is 13.9 Å². The van der Waals surface area contributed by atoms with Gasteiger partial charge in [0.05, 0.1) is 24.6 Å². The molecule has 0 saturated heterocycles. The number of carbonyl (C=O) groups is 2. The van der Waals surface area contributed by atoms with E-state index in [1.807, 2.05) is 30.3 Å². The van der Waals surface area contributed by atoms with Crippen molar-refractivity contribution in [2.75, 3.05) is 24.7 Å². The fraction of sp³-hybridized carbons (Fsp3) is 0.385. The topological polar surface area (TPSA) is 141 Å². The number of nitrogens with one attached hydrogen (secondary N) is 1. The number of hydrogen-bond acceptors (Lipinski definition) is 9. The normalized spacial score (nSPS) is 13.3. The van der Waals surface area contributed by atoms with Crippen LogP contribution in [0.2, 0.25) is 0 Å². The molecule has 11 nitrogen and oxygen atoms in total. The molecule has 0 saturated carbocycles. The lowest BCUT2D eigenvalue weighted by Gasteiger charge is -2.29. The number of esters is 1. The standard InChI is InChI=1S/C26H32N4O7S/c1-25(2,3)37-24(32)27-26(4,16-17-11-9-8-10-12-17)23-29-28-21(36-23)18-13-19(22(31)35-6)15-20(14-18)30(5)38(7,33)34/h8-15H,16H2,1-7H3,(H,27,32)/t26-/m1/s1. The molecule has 0 radical (unpaired) electrons. The molecule has 1 aromatic heterocycles. The molecule has 1 heterocycles. The molecule has 0 bridgehead atoms. The molecule has 204 valence electrons. The first kappa shape index (κ1) is 28.6. The molecule has 1 atom stereocenters. The maximum absolute atomic E-state index is 12.7. The summed E-state index contributed by atoms with van der Waals surface area (Å²) < 4.78 is 41.6. The Bertz CT molecular complexity index is 1410. The van der Waals surface area contributed by atoms with Crippen LogP contribution < -0.4 is 9.62 Å². The van der Waals surface area contributed by atoms with E-state index in [2.05, 4.69) is 15.5 Å². The number of ether oxygens (including phenoxy) is 2. The number of carbonyl (C=O) groups excluding carboxylic acids is 2. The number of nitrogens with zero attached hydrogens (tertiary/aromatic N) is 3. The van der Waals surface area contributed by atoms with Gasteiger partial charge >= 0.3 is 12.1 Å². The number of hydrogen-bond donors (Lipinski definition) is 1.